The highest BCUT2D eigenvalue weighted by molar-refractivity contribution is 7.07. The summed E-state index contributed by atoms with van der Waals surface area (Å²) in [6.45, 7) is 6.07. The largest absolute Gasteiger partial charge is 0.396 e. The maximum atomic E-state index is 12.4. The van der Waals surface area contributed by atoms with Gasteiger partial charge < -0.3 is 14.7 Å². The average molecular weight is 324 g/mol. The summed E-state index contributed by atoms with van der Waals surface area (Å²) in [4.78, 5) is 16.8. The molecule has 2 unspecified atom stereocenters. The number of aliphatic hydroxyl groups is 1. The summed E-state index contributed by atoms with van der Waals surface area (Å²) in [7, 11) is 0. The van der Waals surface area contributed by atoms with Crippen LogP contribution < -0.4 is 0 Å². The second kappa shape index (κ2) is 7.55. The number of ether oxygens (including phenoxy) is 1. The number of nitrogens with zero attached hydrogens (tertiary/aromatic N) is 2. The fraction of sp³-hybridized carbons (Fsp3) is 0.688. The lowest BCUT2D eigenvalue weighted by Crippen LogP contribution is -2.41. The van der Waals surface area contributed by atoms with Gasteiger partial charge in [-0.2, -0.15) is 11.3 Å². The van der Waals surface area contributed by atoms with Crippen molar-refractivity contribution in [2.24, 2.45) is 11.8 Å². The second-order valence-electron chi connectivity index (χ2n) is 6.22. The van der Waals surface area contributed by atoms with Crippen molar-refractivity contribution in [1.29, 1.82) is 0 Å². The van der Waals surface area contributed by atoms with Crippen LogP contribution in [0, 0.1) is 11.8 Å². The number of amides is 1. The Bertz CT molecular complexity index is 474. The molecule has 5 nitrogen and oxygen atoms in total. The van der Waals surface area contributed by atoms with E-state index in [2.05, 4.69) is 4.90 Å². The van der Waals surface area contributed by atoms with Gasteiger partial charge in [-0.05, 0) is 28.3 Å². The Morgan fingerprint density at radius 2 is 2.09 bits per heavy atom. The molecule has 0 aromatic carbocycles. The molecule has 1 amide bonds. The summed E-state index contributed by atoms with van der Waals surface area (Å²) in [5.74, 6) is 0.755. The molecule has 6 heteroatoms. The van der Waals surface area contributed by atoms with Gasteiger partial charge in [0, 0.05) is 45.2 Å². The number of morpholine rings is 1. The minimum atomic E-state index is 0.164. The maximum Gasteiger partial charge on any atom is 0.227 e. The van der Waals surface area contributed by atoms with Crippen LogP contribution in [0.4, 0.5) is 0 Å². The summed E-state index contributed by atoms with van der Waals surface area (Å²) >= 11 is 1.62. The van der Waals surface area contributed by atoms with E-state index < -0.39 is 0 Å². The molecule has 0 spiro atoms. The minimum Gasteiger partial charge on any atom is -0.396 e. The van der Waals surface area contributed by atoms with Gasteiger partial charge in [-0.15, -0.1) is 0 Å². The van der Waals surface area contributed by atoms with E-state index >= 15 is 0 Å². The molecule has 3 heterocycles. The first-order valence-electron chi connectivity index (χ1n) is 7.96. The van der Waals surface area contributed by atoms with Crippen LogP contribution in [-0.2, 0) is 16.0 Å². The Labute approximate surface area is 135 Å². The molecule has 3 rings (SSSR count). The van der Waals surface area contributed by atoms with Gasteiger partial charge in [-0.1, -0.05) is 0 Å². The number of carbonyl (C=O) groups is 1. The molecular formula is C16H24N2O3S. The van der Waals surface area contributed by atoms with Crippen LogP contribution in [0.2, 0.25) is 0 Å². The third kappa shape index (κ3) is 3.87. The van der Waals surface area contributed by atoms with Crippen molar-refractivity contribution in [3.8, 4) is 0 Å². The Kier molecular flexibility index (Phi) is 5.46. The maximum absolute atomic E-state index is 12.4. The van der Waals surface area contributed by atoms with Crippen LogP contribution in [0.1, 0.15) is 5.56 Å². The van der Waals surface area contributed by atoms with Crippen molar-refractivity contribution in [1.82, 2.24) is 9.80 Å². The summed E-state index contributed by atoms with van der Waals surface area (Å²) in [5.41, 5.74) is 1.09. The molecule has 0 radical (unpaired) electrons. The monoisotopic (exact) mass is 324 g/mol. The molecule has 1 N–H and O–H groups in total. The molecular weight excluding hydrogens is 300 g/mol. The molecule has 1 aromatic rings. The average Bonchev–Trinajstić information content (AvgIpc) is 3.18. The first kappa shape index (κ1) is 15.9. The van der Waals surface area contributed by atoms with E-state index in [0.717, 1.165) is 45.0 Å². The zero-order valence-electron chi connectivity index (χ0n) is 12.8. The Morgan fingerprint density at radius 3 is 2.77 bits per heavy atom. The third-order valence-corrected chi connectivity index (χ3v) is 5.43. The number of hydrogen-bond donors (Lipinski definition) is 1. The molecule has 2 aliphatic rings. The SMILES string of the molecule is O=C(Cc1ccsc1)N1CC(CO)C(CN2CCOCC2)C1. The lowest BCUT2D eigenvalue weighted by molar-refractivity contribution is -0.129. The molecule has 2 atom stereocenters. The fourth-order valence-corrected chi connectivity index (χ4v) is 4.02. The van der Waals surface area contributed by atoms with Gasteiger partial charge in [0.25, 0.3) is 0 Å². The standard InChI is InChI=1S/C16H24N2O3S/c19-11-15-10-18(16(20)7-13-1-6-22-12-13)9-14(15)8-17-2-4-21-5-3-17/h1,6,12,14-15,19H,2-5,7-11H2. The van der Waals surface area contributed by atoms with Gasteiger partial charge in [0.1, 0.15) is 0 Å². The number of hydrogen-bond acceptors (Lipinski definition) is 5. The highest BCUT2D eigenvalue weighted by Crippen LogP contribution is 2.25. The first-order chi connectivity index (χ1) is 10.8. The molecule has 0 bridgehead atoms. The van der Waals surface area contributed by atoms with Gasteiger partial charge in [0.15, 0.2) is 0 Å². The predicted molar refractivity (Wildman–Crippen MR) is 85.9 cm³/mol. The van der Waals surface area contributed by atoms with E-state index in [1.165, 1.54) is 0 Å². The molecule has 0 saturated carbocycles. The van der Waals surface area contributed by atoms with E-state index in [4.69, 9.17) is 4.74 Å². The molecule has 1 aromatic heterocycles. The van der Waals surface area contributed by atoms with Gasteiger partial charge in [-0.3, -0.25) is 9.69 Å². The van der Waals surface area contributed by atoms with E-state index in [1.54, 1.807) is 11.3 Å². The summed E-state index contributed by atoms with van der Waals surface area (Å²) < 4.78 is 5.38. The second-order valence-corrected chi connectivity index (χ2v) is 7.00. The van der Waals surface area contributed by atoms with Crippen molar-refractivity contribution in [2.75, 3.05) is 52.5 Å². The normalized spacial score (nSPS) is 26.5. The van der Waals surface area contributed by atoms with Crippen molar-refractivity contribution in [2.45, 2.75) is 6.42 Å². The summed E-state index contributed by atoms with van der Waals surface area (Å²) in [5, 5.41) is 13.7. The van der Waals surface area contributed by atoms with Crippen LogP contribution in [0.25, 0.3) is 0 Å². The predicted octanol–water partition coefficient (Wildman–Crippen LogP) is 0.690. The quantitative estimate of drug-likeness (QED) is 0.866. The van der Waals surface area contributed by atoms with Gasteiger partial charge in [0.05, 0.1) is 19.6 Å². The minimum absolute atomic E-state index is 0.164. The fourth-order valence-electron chi connectivity index (χ4n) is 3.35. The highest BCUT2D eigenvalue weighted by atomic mass is 32.1. The number of aliphatic hydroxyl groups excluding tert-OH is 1. The smallest absolute Gasteiger partial charge is 0.227 e. The lowest BCUT2D eigenvalue weighted by atomic mass is 9.96. The topological polar surface area (TPSA) is 53.0 Å². The third-order valence-electron chi connectivity index (χ3n) is 4.70. The van der Waals surface area contributed by atoms with Crippen molar-refractivity contribution in [3.05, 3.63) is 22.4 Å². The van der Waals surface area contributed by atoms with Crippen molar-refractivity contribution >= 4 is 17.2 Å². The van der Waals surface area contributed by atoms with Crippen LogP contribution in [0.5, 0.6) is 0 Å². The van der Waals surface area contributed by atoms with Crippen LogP contribution in [0.3, 0.4) is 0 Å². The molecule has 122 valence electrons. The summed E-state index contributed by atoms with van der Waals surface area (Å²) in [6.07, 6.45) is 0.478. The Balaban J connectivity index is 1.55. The first-order valence-corrected chi connectivity index (χ1v) is 8.90. The zero-order chi connectivity index (χ0) is 15.4. The van der Waals surface area contributed by atoms with Crippen molar-refractivity contribution in [3.63, 3.8) is 0 Å². The number of rotatable bonds is 5. The van der Waals surface area contributed by atoms with Crippen molar-refractivity contribution < 1.29 is 14.6 Å². The number of carbonyl (C=O) groups excluding carboxylic acids is 1. The van der Waals surface area contributed by atoms with E-state index in [-0.39, 0.29) is 18.4 Å². The highest BCUT2D eigenvalue weighted by Gasteiger charge is 2.35. The molecule has 2 fully saturated rings. The lowest BCUT2D eigenvalue weighted by Gasteiger charge is -2.30. The Hall–Kier alpha value is -0.950. The Morgan fingerprint density at radius 1 is 1.32 bits per heavy atom. The van der Waals surface area contributed by atoms with Gasteiger partial charge in [-0.25, -0.2) is 0 Å². The zero-order valence-corrected chi connectivity index (χ0v) is 13.6. The van der Waals surface area contributed by atoms with Crippen LogP contribution in [0.15, 0.2) is 16.8 Å². The number of likely N-dealkylation sites (tertiary alicyclic amines) is 1. The molecule has 2 aliphatic heterocycles. The van der Waals surface area contributed by atoms with Crippen LogP contribution >= 0.6 is 11.3 Å². The van der Waals surface area contributed by atoms with E-state index in [9.17, 15) is 9.90 Å². The molecule has 2 saturated heterocycles. The van der Waals surface area contributed by atoms with Gasteiger partial charge in [0.2, 0.25) is 5.91 Å². The molecule has 22 heavy (non-hydrogen) atoms. The number of thiophene rings is 1. The van der Waals surface area contributed by atoms with Crippen LogP contribution in [-0.4, -0.2) is 73.4 Å². The molecule has 0 aliphatic carbocycles. The summed E-state index contributed by atoms with van der Waals surface area (Å²) in [6, 6.07) is 2.01. The van der Waals surface area contributed by atoms with Gasteiger partial charge >= 0.3 is 0 Å². The van der Waals surface area contributed by atoms with E-state index in [0.29, 0.717) is 18.9 Å². The van der Waals surface area contributed by atoms with E-state index in [1.807, 2.05) is 21.7 Å².